The van der Waals surface area contributed by atoms with Crippen LogP contribution in [0.15, 0.2) is 54.6 Å². The van der Waals surface area contributed by atoms with Gasteiger partial charge in [0.25, 0.3) is 0 Å². The molecule has 1 heterocycles. The Morgan fingerprint density at radius 1 is 1.08 bits per heavy atom. The Morgan fingerprint density at radius 3 is 2.42 bits per heavy atom. The fourth-order valence-electron chi connectivity index (χ4n) is 2.82. The van der Waals surface area contributed by atoms with Crippen LogP contribution in [0, 0.1) is 0 Å². The van der Waals surface area contributed by atoms with E-state index in [9.17, 15) is 14.4 Å². The van der Waals surface area contributed by atoms with Crippen LogP contribution < -0.4 is 15.5 Å². The number of methoxy groups -OCH3 is 1. The van der Waals surface area contributed by atoms with Gasteiger partial charge in [-0.25, -0.2) is 9.59 Å². The molecule has 2 aromatic carbocycles. The van der Waals surface area contributed by atoms with Gasteiger partial charge in [-0.05, 0) is 36.4 Å². The molecule has 134 valence electrons. The molecule has 2 N–H and O–H groups in total. The SMILES string of the molecule is COC(=O)c1ccc(NC(=O)N[C@@H]2CC(=O)N(c3ccccc3)C2)cc1. The highest BCUT2D eigenvalue weighted by atomic mass is 16.5. The number of ether oxygens (including phenoxy) is 1. The molecule has 3 rings (SSSR count). The molecule has 0 spiro atoms. The summed E-state index contributed by atoms with van der Waals surface area (Å²) in [5.41, 5.74) is 1.76. The molecule has 0 saturated carbocycles. The first-order valence-electron chi connectivity index (χ1n) is 8.18. The number of para-hydroxylation sites is 1. The van der Waals surface area contributed by atoms with Crippen molar-refractivity contribution < 1.29 is 19.1 Å². The molecule has 2 aromatic rings. The lowest BCUT2D eigenvalue weighted by Crippen LogP contribution is -2.39. The normalized spacial score (nSPS) is 16.3. The third-order valence-electron chi connectivity index (χ3n) is 4.09. The van der Waals surface area contributed by atoms with Crippen LogP contribution in [0.2, 0.25) is 0 Å². The summed E-state index contributed by atoms with van der Waals surface area (Å²) in [6, 6.07) is 15.0. The third kappa shape index (κ3) is 4.00. The number of benzene rings is 2. The lowest BCUT2D eigenvalue weighted by molar-refractivity contribution is -0.117. The predicted octanol–water partition coefficient (Wildman–Crippen LogP) is 2.40. The fraction of sp³-hybridized carbons (Fsp3) is 0.211. The first kappa shape index (κ1) is 17.5. The van der Waals surface area contributed by atoms with Crippen molar-refractivity contribution in [3.05, 3.63) is 60.2 Å². The number of esters is 1. The van der Waals surface area contributed by atoms with Gasteiger partial charge in [0.2, 0.25) is 5.91 Å². The first-order valence-corrected chi connectivity index (χ1v) is 8.18. The van der Waals surface area contributed by atoms with Gasteiger partial charge in [0.15, 0.2) is 0 Å². The zero-order valence-electron chi connectivity index (χ0n) is 14.3. The summed E-state index contributed by atoms with van der Waals surface area (Å²) in [6.07, 6.45) is 0.254. The smallest absolute Gasteiger partial charge is 0.337 e. The molecule has 3 amide bonds. The number of carbonyl (C=O) groups is 3. The summed E-state index contributed by atoms with van der Waals surface area (Å²) in [7, 11) is 1.31. The highest BCUT2D eigenvalue weighted by Gasteiger charge is 2.31. The molecule has 0 radical (unpaired) electrons. The first-order chi connectivity index (χ1) is 12.6. The molecule has 0 aromatic heterocycles. The van der Waals surface area contributed by atoms with Gasteiger partial charge in [0, 0.05) is 24.3 Å². The van der Waals surface area contributed by atoms with Crippen LogP contribution in [-0.4, -0.2) is 37.6 Å². The van der Waals surface area contributed by atoms with E-state index in [1.807, 2.05) is 30.3 Å². The van der Waals surface area contributed by atoms with Gasteiger partial charge in [-0.3, -0.25) is 4.79 Å². The Morgan fingerprint density at radius 2 is 1.77 bits per heavy atom. The van der Waals surface area contributed by atoms with Crippen LogP contribution in [0.25, 0.3) is 0 Å². The highest BCUT2D eigenvalue weighted by Crippen LogP contribution is 2.21. The van der Waals surface area contributed by atoms with Gasteiger partial charge >= 0.3 is 12.0 Å². The Bertz CT molecular complexity index is 805. The number of anilines is 2. The van der Waals surface area contributed by atoms with Crippen LogP contribution in [0.3, 0.4) is 0 Å². The molecule has 0 aliphatic carbocycles. The van der Waals surface area contributed by atoms with Gasteiger partial charge in [0.05, 0.1) is 18.7 Å². The maximum Gasteiger partial charge on any atom is 0.337 e. The number of carbonyl (C=O) groups excluding carboxylic acids is 3. The van der Waals surface area contributed by atoms with Crippen LogP contribution in [-0.2, 0) is 9.53 Å². The minimum atomic E-state index is -0.438. The van der Waals surface area contributed by atoms with Crippen LogP contribution >= 0.6 is 0 Å². The van der Waals surface area contributed by atoms with Crippen molar-refractivity contribution >= 4 is 29.3 Å². The molecule has 1 aliphatic heterocycles. The largest absolute Gasteiger partial charge is 0.465 e. The Hall–Kier alpha value is -3.35. The van der Waals surface area contributed by atoms with Crippen molar-refractivity contribution in [2.75, 3.05) is 23.9 Å². The molecule has 1 fully saturated rings. The average molecular weight is 353 g/mol. The van der Waals surface area contributed by atoms with Crippen molar-refractivity contribution in [3.63, 3.8) is 0 Å². The summed E-state index contributed by atoms with van der Waals surface area (Å²) in [4.78, 5) is 37.4. The third-order valence-corrected chi connectivity index (χ3v) is 4.09. The summed E-state index contributed by atoms with van der Waals surface area (Å²) in [5.74, 6) is -0.463. The van der Waals surface area contributed by atoms with Gasteiger partial charge in [-0.15, -0.1) is 0 Å². The van der Waals surface area contributed by atoms with E-state index in [0.717, 1.165) is 5.69 Å². The molecule has 26 heavy (non-hydrogen) atoms. The van der Waals surface area contributed by atoms with E-state index in [1.165, 1.54) is 7.11 Å². The van der Waals surface area contributed by atoms with Crippen molar-refractivity contribution in [2.24, 2.45) is 0 Å². The average Bonchev–Trinajstić information content (AvgIpc) is 3.02. The van der Waals surface area contributed by atoms with E-state index >= 15 is 0 Å². The molecule has 0 bridgehead atoms. The van der Waals surface area contributed by atoms with E-state index < -0.39 is 12.0 Å². The molecule has 1 saturated heterocycles. The summed E-state index contributed by atoms with van der Waals surface area (Å²) in [6.45, 7) is 0.428. The highest BCUT2D eigenvalue weighted by molar-refractivity contribution is 5.97. The second kappa shape index (κ2) is 7.69. The van der Waals surface area contributed by atoms with Gasteiger partial charge in [-0.2, -0.15) is 0 Å². The number of hydrogen-bond acceptors (Lipinski definition) is 4. The van der Waals surface area contributed by atoms with Crippen molar-refractivity contribution in [3.8, 4) is 0 Å². The van der Waals surface area contributed by atoms with E-state index in [-0.39, 0.29) is 18.4 Å². The maximum absolute atomic E-state index is 12.2. The molecule has 1 aliphatic rings. The number of nitrogens with zero attached hydrogens (tertiary/aromatic N) is 1. The lowest BCUT2D eigenvalue weighted by atomic mass is 10.2. The zero-order chi connectivity index (χ0) is 18.5. The fourth-order valence-corrected chi connectivity index (χ4v) is 2.82. The van der Waals surface area contributed by atoms with Gasteiger partial charge in [-0.1, -0.05) is 18.2 Å². The van der Waals surface area contributed by atoms with Crippen LogP contribution in [0.5, 0.6) is 0 Å². The molecule has 1 atom stereocenters. The second-order valence-corrected chi connectivity index (χ2v) is 5.91. The Balaban J connectivity index is 1.55. The number of rotatable bonds is 4. The molecule has 7 nitrogen and oxygen atoms in total. The van der Waals surface area contributed by atoms with Crippen LogP contribution in [0.4, 0.5) is 16.2 Å². The van der Waals surface area contributed by atoms with Crippen molar-refractivity contribution in [2.45, 2.75) is 12.5 Å². The predicted molar refractivity (Wildman–Crippen MR) is 97.1 cm³/mol. The Labute approximate surface area is 150 Å². The lowest BCUT2D eigenvalue weighted by Gasteiger charge is -2.17. The number of amides is 3. The zero-order valence-corrected chi connectivity index (χ0v) is 14.3. The monoisotopic (exact) mass is 353 g/mol. The number of hydrogen-bond donors (Lipinski definition) is 2. The van der Waals surface area contributed by atoms with Crippen molar-refractivity contribution in [1.29, 1.82) is 0 Å². The summed E-state index contributed by atoms with van der Waals surface area (Å²) in [5, 5.41) is 5.49. The molecule has 7 heteroatoms. The minimum Gasteiger partial charge on any atom is -0.465 e. The standard InChI is InChI=1S/C19H19N3O4/c1-26-18(24)13-7-9-14(10-8-13)20-19(25)21-15-11-17(23)22(12-15)16-5-3-2-4-6-16/h2-10,15H,11-12H2,1H3,(H2,20,21,25)/t15-/m1/s1. The molecule has 0 unspecified atom stereocenters. The van der Waals surface area contributed by atoms with Crippen molar-refractivity contribution in [1.82, 2.24) is 5.32 Å². The summed E-state index contributed by atoms with van der Waals surface area (Å²) >= 11 is 0. The van der Waals surface area contributed by atoms with E-state index in [1.54, 1.807) is 29.2 Å². The van der Waals surface area contributed by atoms with E-state index in [2.05, 4.69) is 15.4 Å². The molecular weight excluding hydrogens is 334 g/mol. The quantitative estimate of drug-likeness (QED) is 0.826. The van der Waals surface area contributed by atoms with Crippen LogP contribution in [0.1, 0.15) is 16.8 Å². The minimum absolute atomic E-state index is 0.0241. The second-order valence-electron chi connectivity index (χ2n) is 5.91. The van der Waals surface area contributed by atoms with E-state index in [0.29, 0.717) is 17.8 Å². The Kier molecular flexibility index (Phi) is 5.17. The number of urea groups is 1. The molecular formula is C19H19N3O4. The van der Waals surface area contributed by atoms with Gasteiger partial charge < -0.3 is 20.3 Å². The van der Waals surface area contributed by atoms with Gasteiger partial charge in [0.1, 0.15) is 0 Å². The maximum atomic E-state index is 12.2. The van der Waals surface area contributed by atoms with E-state index in [4.69, 9.17) is 0 Å². The number of nitrogens with one attached hydrogen (secondary N) is 2. The summed E-state index contributed by atoms with van der Waals surface area (Å²) < 4.78 is 4.63. The topological polar surface area (TPSA) is 87.7 Å².